The van der Waals surface area contributed by atoms with Crippen LogP contribution in [0.5, 0.6) is 0 Å². The van der Waals surface area contributed by atoms with Gasteiger partial charge < -0.3 is 10.3 Å². The van der Waals surface area contributed by atoms with Gasteiger partial charge in [-0.15, -0.1) is 0 Å². The Morgan fingerprint density at radius 3 is 2.37 bits per heavy atom. The first-order valence-electron chi connectivity index (χ1n) is 7.00. The van der Waals surface area contributed by atoms with E-state index in [1.54, 1.807) is 0 Å². The van der Waals surface area contributed by atoms with Gasteiger partial charge in [0.25, 0.3) is 0 Å². The molecular formula is C14H25N5. The number of nitrogens with one attached hydrogen (secondary N) is 1. The minimum atomic E-state index is -0.0863. The lowest BCUT2D eigenvalue weighted by molar-refractivity contribution is 0.543. The van der Waals surface area contributed by atoms with Crippen LogP contribution < -0.4 is 16.2 Å². The average molecular weight is 263 g/mol. The highest BCUT2D eigenvalue weighted by atomic mass is 15.3. The minimum Gasteiger partial charge on any atom is -0.354 e. The van der Waals surface area contributed by atoms with Crippen molar-refractivity contribution in [2.24, 2.45) is 5.84 Å². The molecule has 0 aromatic carbocycles. The fraction of sp³-hybridized carbons (Fsp3) is 0.714. The Morgan fingerprint density at radius 1 is 1.32 bits per heavy atom. The first kappa shape index (κ1) is 14.1. The standard InChI is InChI=1S/C14H25N5/c1-6-19(10-7-8-10)12-9(2)11(18-15)16-13(17-12)14(3,4)5/h10H,6-8,15H2,1-5H3,(H,16,17,18). The molecule has 1 aliphatic carbocycles. The van der Waals surface area contributed by atoms with Crippen LogP contribution in [-0.2, 0) is 5.41 Å². The quantitative estimate of drug-likeness (QED) is 0.645. The van der Waals surface area contributed by atoms with Gasteiger partial charge in [0.05, 0.1) is 0 Å². The van der Waals surface area contributed by atoms with Crippen molar-refractivity contribution in [1.29, 1.82) is 0 Å². The second-order valence-electron chi connectivity index (χ2n) is 6.26. The van der Waals surface area contributed by atoms with Crippen LogP contribution in [0.15, 0.2) is 0 Å². The summed E-state index contributed by atoms with van der Waals surface area (Å²) in [7, 11) is 0. The van der Waals surface area contributed by atoms with Crippen LogP contribution >= 0.6 is 0 Å². The molecular weight excluding hydrogens is 238 g/mol. The van der Waals surface area contributed by atoms with Gasteiger partial charge in [-0.05, 0) is 26.7 Å². The summed E-state index contributed by atoms with van der Waals surface area (Å²) in [5.74, 6) is 8.20. The molecule has 1 aliphatic rings. The van der Waals surface area contributed by atoms with Gasteiger partial charge in [0.1, 0.15) is 17.5 Å². The van der Waals surface area contributed by atoms with Gasteiger partial charge >= 0.3 is 0 Å². The molecule has 0 amide bonds. The summed E-state index contributed by atoms with van der Waals surface area (Å²) in [4.78, 5) is 11.7. The molecule has 5 heteroatoms. The number of hydrogen-bond acceptors (Lipinski definition) is 5. The molecule has 0 spiro atoms. The fourth-order valence-corrected chi connectivity index (χ4v) is 2.23. The van der Waals surface area contributed by atoms with E-state index >= 15 is 0 Å². The van der Waals surface area contributed by atoms with Gasteiger partial charge in [-0.1, -0.05) is 20.8 Å². The van der Waals surface area contributed by atoms with Crippen LogP contribution in [0.25, 0.3) is 0 Å². The highest BCUT2D eigenvalue weighted by Gasteiger charge is 2.31. The predicted octanol–water partition coefficient (Wildman–Crippen LogP) is 2.36. The molecule has 3 N–H and O–H groups in total. The summed E-state index contributed by atoms with van der Waals surface area (Å²) in [6.45, 7) is 11.5. The van der Waals surface area contributed by atoms with Crippen molar-refractivity contribution in [3.8, 4) is 0 Å². The highest BCUT2D eigenvalue weighted by molar-refractivity contribution is 5.59. The summed E-state index contributed by atoms with van der Waals surface area (Å²) in [5, 5.41) is 0. The molecule has 0 radical (unpaired) electrons. The Balaban J connectivity index is 2.51. The van der Waals surface area contributed by atoms with Crippen molar-refractivity contribution in [3.05, 3.63) is 11.4 Å². The Kier molecular flexibility index (Phi) is 3.67. The summed E-state index contributed by atoms with van der Waals surface area (Å²) >= 11 is 0. The molecule has 0 saturated heterocycles. The van der Waals surface area contributed by atoms with Crippen molar-refractivity contribution >= 4 is 11.6 Å². The number of anilines is 2. The third kappa shape index (κ3) is 2.81. The van der Waals surface area contributed by atoms with Gasteiger partial charge in [-0.25, -0.2) is 15.8 Å². The number of nitrogens with two attached hydrogens (primary N) is 1. The molecule has 0 aliphatic heterocycles. The number of rotatable bonds is 4. The molecule has 1 aromatic heterocycles. The summed E-state index contributed by atoms with van der Waals surface area (Å²) in [5.41, 5.74) is 3.65. The second kappa shape index (κ2) is 4.96. The maximum atomic E-state index is 5.61. The Bertz CT molecular complexity index is 460. The predicted molar refractivity (Wildman–Crippen MR) is 79.3 cm³/mol. The van der Waals surface area contributed by atoms with E-state index in [0.717, 1.165) is 29.6 Å². The number of hydrazine groups is 1. The van der Waals surface area contributed by atoms with Crippen LogP contribution in [0.2, 0.25) is 0 Å². The van der Waals surface area contributed by atoms with Gasteiger partial charge in [-0.3, -0.25) is 0 Å². The lowest BCUT2D eigenvalue weighted by atomic mass is 9.95. The van der Waals surface area contributed by atoms with E-state index in [1.807, 2.05) is 6.92 Å². The average Bonchev–Trinajstić information content (AvgIpc) is 3.15. The molecule has 0 bridgehead atoms. The first-order chi connectivity index (χ1) is 8.88. The molecule has 1 fully saturated rings. The molecule has 106 valence electrons. The highest BCUT2D eigenvalue weighted by Crippen LogP contribution is 2.35. The monoisotopic (exact) mass is 263 g/mol. The number of hydrogen-bond donors (Lipinski definition) is 2. The summed E-state index contributed by atoms with van der Waals surface area (Å²) < 4.78 is 0. The molecule has 5 nitrogen and oxygen atoms in total. The molecule has 0 unspecified atom stereocenters. The van der Waals surface area contributed by atoms with Gasteiger partial charge in [0, 0.05) is 23.6 Å². The van der Waals surface area contributed by atoms with E-state index in [0.29, 0.717) is 6.04 Å². The first-order valence-corrected chi connectivity index (χ1v) is 7.00. The van der Waals surface area contributed by atoms with Crippen LogP contribution in [0, 0.1) is 6.92 Å². The Morgan fingerprint density at radius 2 is 1.95 bits per heavy atom. The third-order valence-electron chi connectivity index (χ3n) is 3.53. The van der Waals surface area contributed by atoms with Crippen LogP contribution in [0.3, 0.4) is 0 Å². The minimum absolute atomic E-state index is 0.0863. The van der Waals surface area contributed by atoms with E-state index in [9.17, 15) is 0 Å². The van der Waals surface area contributed by atoms with Crippen molar-refractivity contribution < 1.29 is 0 Å². The lowest BCUT2D eigenvalue weighted by Crippen LogP contribution is -2.30. The van der Waals surface area contributed by atoms with Gasteiger partial charge in [-0.2, -0.15) is 0 Å². The molecule has 0 atom stereocenters. The summed E-state index contributed by atoms with van der Waals surface area (Å²) in [6, 6.07) is 0.636. The number of nitrogen functional groups attached to an aromatic ring is 1. The van der Waals surface area contributed by atoms with Crippen LogP contribution in [0.1, 0.15) is 51.9 Å². The Hall–Kier alpha value is -1.36. The van der Waals surface area contributed by atoms with Crippen molar-refractivity contribution in [2.45, 2.75) is 58.9 Å². The zero-order valence-electron chi connectivity index (χ0n) is 12.6. The van der Waals surface area contributed by atoms with Crippen LogP contribution in [-0.4, -0.2) is 22.6 Å². The SMILES string of the molecule is CCN(c1nc(C(C)(C)C)nc(NN)c1C)C1CC1. The maximum Gasteiger partial charge on any atom is 0.148 e. The molecule has 2 rings (SSSR count). The second-order valence-corrected chi connectivity index (χ2v) is 6.26. The van der Waals surface area contributed by atoms with Crippen molar-refractivity contribution in [2.75, 3.05) is 16.9 Å². The van der Waals surface area contributed by atoms with Gasteiger partial charge in [0.15, 0.2) is 0 Å². The van der Waals surface area contributed by atoms with Crippen LogP contribution in [0.4, 0.5) is 11.6 Å². The third-order valence-corrected chi connectivity index (χ3v) is 3.53. The van der Waals surface area contributed by atoms with E-state index in [-0.39, 0.29) is 5.41 Å². The van der Waals surface area contributed by atoms with Crippen molar-refractivity contribution in [3.63, 3.8) is 0 Å². The fourth-order valence-electron chi connectivity index (χ4n) is 2.23. The van der Waals surface area contributed by atoms with E-state index in [2.05, 4.69) is 43.0 Å². The maximum absolute atomic E-state index is 5.61. The zero-order valence-corrected chi connectivity index (χ0v) is 12.6. The van der Waals surface area contributed by atoms with E-state index < -0.39 is 0 Å². The normalized spacial score (nSPS) is 15.5. The number of nitrogens with zero attached hydrogens (tertiary/aromatic N) is 3. The van der Waals surface area contributed by atoms with Gasteiger partial charge in [0.2, 0.25) is 0 Å². The molecule has 19 heavy (non-hydrogen) atoms. The summed E-state index contributed by atoms with van der Waals surface area (Å²) in [6.07, 6.45) is 2.51. The lowest BCUT2D eigenvalue weighted by Gasteiger charge is -2.27. The largest absolute Gasteiger partial charge is 0.354 e. The van der Waals surface area contributed by atoms with E-state index in [4.69, 9.17) is 10.8 Å². The molecule has 1 aromatic rings. The molecule has 1 saturated carbocycles. The van der Waals surface area contributed by atoms with E-state index in [1.165, 1.54) is 12.8 Å². The Labute approximate surface area is 115 Å². The zero-order chi connectivity index (χ0) is 14.2. The number of aromatic nitrogens is 2. The van der Waals surface area contributed by atoms with Crippen molar-refractivity contribution in [1.82, 2.24) is 9.97 Å². The molecule has 1 heterocycles. The topological polar surface area (TPSA) is 67.1 Å². The smallest absolute Gasteiger partial charge is 0.148 e.